The molecule has 172 valence electrons. The average molecular weight is 468 g/mol. The van der Waals surface area contributed by atoms with E-state index in [0.717, 1.165) is 10.8 Å². The van der Waals surface area contributed by atoms with Gasteiger partial charge in [0.2, 0.25) is 15.8 Å². The molecular weight excluding hydrogens is 442 g/mol. The Bertz CT molecular complexity index is 1290. The summed E-state index contributed by atoms with van der Waals surface area (Å²) in [6.07, 6.45) is -0.450. The molecule has 1 saturated heterocycles. The van der Waals surface area contributed by atoms with Crippen LogP contribution in [0, 0.1) is 0 Å². The highest BCUT2D eigenvalue weighted by molar-refractivity contribution is 7.89. The van der Waals surface area contributed by atoms with Crippen LogP contribution in [0.1, 0.15) is 34.6 Å². The van der Waals surface area contributed by atoms with Gasteiger partial charge in [-0.3, -0.25) is 4.79 Å². The SMILES string of the molecule is C[C@H]1CN(S(=O)(=O)c2cccc(C(=O)OCC(=O)c3cccc4ccccc34)c2)C[C@H](C)O1. The van der Waals surface area contributed by atoms with Crippen molar-refractivity contribution in [2.75, 3.05) is 19.7 Å². The molecule has 8 heteroatoms. The first kappa shape index (κ1) is 23.1. The van der Waals surface area contributed by atoms with Gasteiger partial charge in [-0.05, 0) is 42.8 Å². The number of carbonyl (C=O) groups is 2. The van der Waals surface area contributed by atoms with Crippen LogP contribution in [-0.4, -0.2) is 56.4 Å². The highest BCUT2D eigenvalue weighted by atomic mass is 32.2. The van der Waals surface area contributed by atoms with Crippen molar-refractivity contribution in [3.8, 4) is 0 Å². The third kappa shape index (κ3) is 4.98. The number of hydrogen-bond acceptors (Lipinski definition) is 6. The Morgan fingerprint density at radius 3 is 2.39 bits per heavy atom. The van der Waals surface area contributed by atoms with Crippen LogP contribution in [0.2, 0.25) is 0 Å². The quantitative estimate of drug-likeness (QED) is 0.406. The molecule has 0 saturated carbocycles. The van der Waals surface area contributed by atoms with Crippen LogP contribution in [0.3, 0.4) is 0 Å². The first-order chi connectivity index (χ1) is 15.8. The topological polar surface area (TPSA) is 90.0 Å². The van der Waals surface area contributed by atoms with Gasteiger partial charge in [-0.1, -0.05) is 48.5 Å². The number of nitrogens with zero attached hydrogens (tertiary/aromatic N) is 1. The fraction of sp³-hybridized carbons (Fsp3) is 0.280. The summed E-state index contributed by atoms with van der Waals surface area (Å²) in [4.78, 5) is 25.3. The van der Waals surface area contributed by atoms with Crippen molar-refractivity contribution in [2.24, 2.45) is 0 Å². The van der Waals surface area contributed by atoms with Crippen molar-refractivity contribution in [3.05, 3.63) is 77.9 Å². The van der Waals surface area contributed by atoms with Gasteiger partial charge in [0.05, 0.1) is 22.7 Å². The molecule has 1 fully saturated rings. The van der Waals surface area contributed by atoms with Crippen LogP contribution >= 0.6 is 0 Å². The highest BCUT2D eigenvalue weighted by Gasteiger charge is 2.32. The predicted molar refractivity (Wildman–Crippen MR) is 124 cm³/mol. The van der Waals surface area contributed by atoms with Crippen molar-refractivity contribution in [3.63, 3.8) is 0 Å². The fourth-order valence-electron chi connectivity index (χ4n) is 4.02. The van der Waals surface area contributed by atoms with E-state index in [1.807, 2.05) is 44.2 Å². The third-order valence-electron chi connectivity index (χ3n) is 5.52. The molecule has 3 aromatic carbocycles. The van der Waals surface area contributed by atoms with Gasteiger partial charge in [0.25, 0.3) is 0 Å². The van der Waals surface area contributed by atoms with Crippen LogP contribution in [0.5, 0.6) is 0 Å². The maximum Gasteiger partial charge on any atom is 0.338 e. The first-order valence-corrected chi connectivity index (χ1v) is 12.1. The lowest BCUT2D eigenvalue weighted by Gasteiger charge is -2.34. The largest absolute Gasteiger partial charge is 0.454 e. The Morgan fingerprint density at radius 1 is 0.970 bits per heavy atom. The second-order valence-electron chi connectivity index (χ2n) is 8.13. The molecule has 0 unspecified atom stereocenters. The fourth-order valence-corrected chi connectivity index (χ4v) is 5.66. The molecule has 1 aliphatic rings. The highest BCUT2D eigenvalue weighted by Crippen LogP contribution is 2.23. The van der Waals surface area contributed by atoms with Crippen molar-refractivity contribution in [1.82, 2.24) is 4.31 Å². The Balaban J connectivity index is 1.48. The minimum absolute atomic E-state index is 0.00127. The van der Waals surface area contributed by atoms with Gasteiger partial charge in [-0.25, -0.2) is 13.2 Å². The monoisotopic (exact) mass is 467 g/mol. The van der Waals surface area contributed by atoms with Gasteiger partial charge in [0.15, 0.2) is 6.61 Å². The van der Waals surface area contributed by atoms with E-state index in [4.69, 9.17) is 9.47 Å². The molecule has 0 amide bonds. The molecule has 0 bridgehead atoms. The van der Waals surface area contributed by atoms with Crippen molar-refractivity contribution >= 4 is 32.5 Å². The first-order valence-electron chi connectivity index (χ1n) is 10.7. The van der Waals surface area contributed by atoms with E-state index in [0.29, 0.717) is 5.56 Å². The van der Waals surface area contributed by atoms with Gasteiger partial charge in [-0.15, -0.1) is 0 Å². The zero-order chi connectivity index (χ0) is 23.6. The molecule has 0 aromatic heterocycles. The van der Waals surface area contributed by atoms with E-state index in [9.17, 15) is 18.0 Å². The smallest absolute Gasteiger partial charge is 0.338 e. The lowest BCUT2D eigenvalue weighted by molar-refractivity contribution is -0.0440. The van der Waals surface area contributed by atoms with Crippen molar-refractivity contribution < 1.29 is 27.5 Å². The molecule has 0 N–H and O–H groups in total. The standard InChI is InChI=1S/C25H25NO6S/c1-17-14-26(15-18(2)32-17)33(29,30)21-10-5-9-20(13-21)25(28)31-16-24(27)23-12-6-8-19-7-3-4-11-22(19)23/h3-13,17-18H,14-16H2,1-2H3/t17-,18-/m0/s1. The maximum absolute atomic E-state index is 13.1. The minimum Gasteiger partial charge on any atom is -0.454 e. The van der Waals surface area contributed by atoms with Gasteiger partial charge in [0.1, 0.15) is 0 Å². The van der Waals surface area contributed by atoms with E-state index in [1.54, 1.807) is 12.1 Å². The Labute approximate surface area is 193 Å². The number of carbonyl (C=O) groups excluding carboxylic acids is 2. The summed E-state index contributed by atoms with van der Waals surface area (Å²) in [6, 6.07) is 18.5. The van der Waals surface area contributed by atoms with Gasteiger partial charge in [0, 0.05) is 18.7 Å². The predicted octanol–water partition coefficient (Wildman–Crippen LogP) is 3.68. The van der Waals surface area contributed by atoms with E-state index < -0.39 is 22.6 Å². The lowest BCUT2D eigenvalue weighted by Crippen LogP contribution is -2.48. The normalized spacial score (nSPS) is 19.3. The summed E-state index contributed by atoms with van der Waals surface area (Å²) < 4.78 is 38.4. The summed E-state index contributed by atoms with van der Waals surface area (Å²) in [7, 11) is -3.80. The number of fused-ring (bicyclic) bond motifs is 1. The van der Waals surface area contributed by atoms with E-state index >= 15 is 0 Å². The molecule has 7 nitrogen and oxygen atoms in total. The summed E-state index contributed by atoms with van der Waals surface area (Å²) in [5.41, 5.74) is 0.531. The van der Waals surface area contributed by atoms with Crippen molar-refractivity contribution in [2.45, 2.75) is 31.0 Å². The molecule has 1 heterocycles. The van der Waals surface area contributed by atoms with Gasteiger partial charge >= 0.3 is 5.97 Å². The Morgan fingerprint density at radius 2 is 1.64 bits per heavy atom. The van der Waals surface area contributed by atoms with Crippen LogP contribution in [-0.2, 0) is 19.5 Å². The minimum atomic E-state index is -3.80. The summed E-state index contributed by atoms with van der Waals surface area (Å²) in [6.45, 7) is 3.67. The van der Waals surface area contributed by atoms with Crippen LogP contribution in [0.25, 0.3) is 10.8 Å². The van der Waals surface area contributed by atoms with Gasteiger partial charge < -0.3 is 9.47 Å². The zero-order valence-corrected chi connectivity index (χ0v) is 19.2. The average Bonchev–Trinajstić information content (AvgIpc) is 2.81. The lowest BCUT2D eigenvalue weighted by atomic mass is 10.0. The molecule has 0 spiro atoms. The van der Waals surface area contributed by atoms with E-state index in [1.165, 1.54) is 28.6 Å². The third-order valence-corrected chi connectivity index (χ3v) is 7.35. The number of ketones is 1. The Kier molecular flexibility index (Phi) is 6.60. The molecule has 3 aromatic rings. The second-order valence-corrected chi connectivity index (χ2v) is 10.1. The summed E-state index contributed by atoms with van der Waals surface area (Å²) in [5, 5.41) is 1.70. The van der Waals surface area contributed by atoms with Crippen LogP contribution < -0.4 is 0 Å². The van der Waals surface area contributed by atoms with E-state index in [-0.39, 0.29) is 41.5 Å². The molecule has 0 radical (unpaired) electrons. The molecule has 4 rings (SSSR count). The molecule has 2 atom stereocenters. The number of ether oxygens (including phenoxy) is 2. The molecular formula is C25H25NO6S. The molecule has 1 aliphatic heterocycles. The number of esters is 1. The number of rotatable bonds is 6. The Hall–Kier alpha value is -3.07. The molecule has 33 heavy (non-hydrogen) atoms. The number of benzene rings is 3. The maximum atomic E-state index is 13.1. The summed E-state index contributed by atoms with van der Waals surface area (Å²) >= 11 is 0. The number of morpholine rings is 1. The number of sulfonamides is 1. The van der Waals surface area contributed by atoms with Crippen molar-refractivity contribution in [1.29, 1.82) is 0 Å². The molecule has 0 aliphatic carbocycles. The number of hydrogen-bond donors (Lipinski definition) is 0. The van der Waals surface area contributed by atoms with Crippen LogP contribution in [0.4, 0.5) is 0 Å². The zero-order valence-electron chi connectivity index (χ0n) is 18.4. The van der Waals surface area contributed by atoms with Gasteiger partial charge in [-0.2, -0.15) is 4.31 Å². The summed E-state index contributed by atoms with van der Waals surface area (Å²) in [5.74, 6) is -1.09. The van der Waals surface area contributed by atoms with Crippen LogP contribution in [0.15, 0.2) is 71.6 Å². The second kappa shape index (κ2) is 9.43. The van der Waals surface area contributed by atoms with E-state index in [2.05, 4.69) is 0 Å². The number of Topliss-reactive ketones (excluding diaryl/α,β-unsaturated/α-hetero) is 1.